The quantitative estimate of drug-likeness (QED) is 0.773. The third kappa shape index (κ3) is 4.09. The van der Waals surface area contributed by atoms with Crippen LogP contribution in [0, 0.1) is 5.92 Å². The Morgan fingerprint density at radius 2 is 2.12 bits per heavy atom. The molecular weight excluding hydrogens is 249 g/mol. The van der Waals surface area contributed by atoms with E-state index in [-0.39, 0.29) is 36.8 Å². The van der Waals surface area contributed by atoms with E-state index in [1.165, 1.54) is 13.0 Å². The van der Waals surface area contributed by atoms with E-state index < -0.39 is 0 Å². The molecular formula is C10H21Cl2N3O. The van der Waals surface area contributed by atoms with Gasteiger partial charge in [-0.05, 0) is 38.9 Å². The Morgan fingerprint density at radius 3 is 2.56 bits per heavy atom. The predicted molar refractivity (Wildman–Crippen MR) is 69.5 cm³/mol. The first-order valence-electron chi connectivity index (χ1n) is 5.45. The van der Waals surface area contributed by atoms with Crippen molar-refractivity contribution < 1.29 is 4.79 Å². The van der Waals surface area contributed by atoms with Gasteiger partial charge in [0.1, 0.15) is 0 Å². The van der Waals surface area contributed by atoms with E-state index in [0.29, 0.717) is 5.92 Å². The van der Waals surface area contributed by atoms with Crippen molar-refractivity contribution in [3.05, 3.63) is 0 Å². The Balaban J connectivity index is 0.00000112. The van der Waals surface area contributed by atoms with E-state index in [1.54, 1.807) is 0 Å². The van der Waals surface area contributed by atoms with Crippen molar-refractivity contribution in [1.29, 1.82) is 0 Å². The molecule has 2 saturated heterocycles. The van der Waals surface area contributed by atoms with Crippen molar-refractivity contribution in [1.82, 2.24) is 15.5 Å². The molecule has 96 valence electrons. The highest BCUT2D eigenvalue weighted by Gasteiger charge is 2.26. The monoisotopic (exact) mass is 269 g/mol. The van der Waals surface area contributed by atoms with Gasteiger partial charge in [0.2, 0.25) is 5.91 Å². The summed E-state index contributed by atoms with van der Waals surface area (Å²) in [5.41, 5.74) is 0. The smallest absolute Gasteiger partial charge is 0.237 e. The molecule has 0 radical (unpaired) electrons. The lowest BCUT2D eigenvalue weighted by Gasteiger charge is -2.26. The van der Waals surface area contributed by atoms with Crippen molar-refractivity contribution in [2.24, 2.45) is 5.92 Å². The fraction of sp³-hybridized carbons (Fsp3) is 0.900. The molecule has 0 saturated carbocycles. The average molecular weight is 270 g/mol. The fourth-order valence-electron chi connectivity index (χ4n) is 2.07. The molecule has 6 heteroatoms. The summed E-state index contributed by atoms with van der Waals surface area (Å²) in [6.45, 7) is 4.13. The predicted octanol–water partition coefficient (Wildman–Crippen LogP) is 0.260. The maximum atomic E-state index is 11.5. The molecule has 1 unspecified atom stereocenters. The third-order valence-corrected chi connectivity index (χ3v) is 3.19. The minimum absolute atomic E-state index is 0. The summed E-state index contributed by atoms with van der Waals surface area (Å²) in [5.74, 6) is 0.842. The number of carbonyl (C=O) groups excluding carboxylic acids is 1. The summed E-state index contributed by atoms with van der Waals surface area (Å²) in [5, 5.41) is 6.13. The normalized spacial score (nSPS) is 28.6. The molecule has 2 heterocycles. The summed E-state index contributed by atoms with van der Waals surface area (Å²) in [4.78, 5) is 13.8. The second-order valence-corrected chi connectivity index (χ2v) is 4.46. The molecule has 4 nitrogen and oxygen atoms in total. The summed E-state index contributed by atoms with van der Waals surface area (Å²) in [6, 6.07) is 0.0918. The van der Waals surface area contributed by atoms with E-state index in [4.69, 9.17) is 0 Å². The molecule has 0 aromatic carbocycles. The first-order chi connectivity index (χ1) is 6.75. The van der Waals surface area contributed by atoms with Gasteiger partial charge in [0, 0.05) is 13.1 Å². The number of rotatable bonds is 3. The minimum atomic E-state index is 0. The van der Waals surface area contributed by atoms with Crippen LogP contribution in [-0.2, 0) is 4.79 Å². The van der Waals surface area contributed by atoms with Crippen LogP contribution in [0.1, 0.15) is 12.8 Å². The molecule has 2 rings (SSSR count). The van der Waals surface area contributed by atoms with E-state index in [1.807, 2.05) is 0 Å². The van der Waals surface area contributed by atoms with E-state index in [0.717, 1.165) is 26.1 Å². The number of hydrogen-bond acceptors (Lipinski definition) is 3. The molecule has 2 N–H and O–H groups in total. The standard InChI is InChI=1S/C10H19N3O.2ClH/c1-13-5-3-8(7-13)6-12-10(14)9-2-4-11-9;;/h8-9,11H,2-7H2,1H3,(H,12,14);2*1H/t8?,9-;;/m1../s1. The van der Waals surface area contributed by atoms with Gasteiger partial charge < -0.3 is 15.5 Å². The number of hydrogen-bond donors (Lipinski definition) is 2. The summed E-state index contributed by atoms with van der Waals surface area (Å²) >= 11 is 0. The molecule has 0 aromatic rings. The Hall–Kier alpha value is -0.0300. The van der Waals surface area contributed by atoms with Crippen LogP contribution >= 0.6 is 24.8 Å². The molecule has 0 aliphatic carbocycles. The average Bonchev–Trinajstić information content (AvgIpc) is 2.45. The van der Waals surface area contributed by atoms with Crippen molar-refractivity contribution in [3.8, 4) is 0 Å². The summed E-state index contributed by atoms with van der Waals surface area (Å²) in [7, 11) is 2.13. The zero-order chi connectivity index (χ0) is 9.97. The van der Waals surface area contributed by atoms with Crippen LogP contribution in [0.4, 0.5) is 0 Å². The molecule has 0 spiro atoms. The van der Waals surface area contributed by atoms with Crippen LogP contribution in [0.3, 0.4) is 0 Å². The molecule has 0 bridgehead atoms. The fourth-order valence-corrected chi connectivity index (χ4v) is 2.07. The highest BCUT2D eigenvalue weighted by molar-refractivity contribution is 5.85. The maximum absolute atomic E-state index is 11.5. The van der Waals surface area contributed by atoms with Gasteiger partial charge in [-0.2, -0.15) is 0 Å². The topological polar surface area (TPSA) is 44.4 Å². The van der Waals surface area contributed by atoms with Gasteiger partial charge in [0.25, 0.3) is 0 Å². The van der Waals surface area contributed by atoms with Gasteiger partial charge in [0.15, 0.2) is 0 Å². The number of likely N-dealkylation sites (tertiary alicyclic amines) is 1. The lowest BCUT2D eigenvalue weighted by Crippen LogP contribution is -2.53. The zero-order valence-corrected chi connectivity index (χ0v) is 11.2. The Kier molecular flexibility index (Phi) is 7.31. The highest BCUT2D eigenvalue weighted by atomic mass is 35.5. The van der Waals surface area contributed by atoms with Gasteiger partial charge in [-0.15, -0.1) is 24.8 Å². The number of nitrogens with one attached hydrogen (secondary N) is 2. The van der Waals surface area contributed by atoms with Crippen LogP contribution in [0.25, 0.3) is 0 Å². The van der Waals surface area contributed by atoms with Gasteiger partial charge in [-0.1, -0.05) is 0 Å². The molecule has 1 amide bonds. The Bertz CT molecular complexity index is 224. The molecule has 2 fully saturated rings. The van der Waals surface area contributed by atoms with E-state index >= 15 is 0 Å². The summed E-state index contributed by atoms with van der Waals surface area (Å²) < 4.78 is 0. The Morgan fingerprint density at radius 1 is 1.44 bits per heavy atom. The van der Waals surface area contributed by atoms with Crippen LogP contribution < -0.4 is 10.6 Å². The van der Waals surface area contributed by atoms with Crippen LogP contribution in [0.15, 0.2) is 0 Å². The van der Waals surface area contributed by atoms with Gasteiger partial charge in [-0.25, -0.2) is 0 Å². The number of nitrogens with zero attached hydrogens (tertiary/aromatic N) is 1. The van der Waals surface area contributed by atoms with E-state index in [9.17, 15) is 4.79 Å². The van der Waals surface area contributed by atoms with Crippen molar-refractivity contribution >= 4 is 30.7 Å². The van der Waals surface area contributed by atoms with Gasteiger partial charge in [-0.3, -0.25) is 4.79 Å². The van der Waals surface area contributed by atoms with E-state index in [2.05, 4.69) is 22.6 Å². The number of carbonyl (C=O) groups is 1. The first kappa shape index (κ1) is 16.0. The van der Waals surface area contributed by atoms with Crippen LogP contribution in [0.5, 0.6) is 0 Å². The largest absolute Gasteiger partial charge is 0.354 e. The SMILES string of the molecule is CN1CCC(CNC(=O)[C@H]2CCN2)C1.Cl.Cl. The van der Waals surface area contributed by atoms with Crippen molar-refractivity contribution in [2.75, 3.05) is 33.2 Å². The Labute approximate surface area is 109 Å². The highest BCUT2D eigenvalue weighted by Crippen LogP contribution is 2.13. The summed E-state index contributed by atoms with van der Waals surface area (Å²) in [6.07, 6.45) is 2.21. The zero-order valence-electron chi connectivity index (χ0n) is 9.57. The molecule has 2 atom stereocenters. The lowest BCUT2D eigenvalue weighted by molar-refractivity contribution is -0.124. The lowest BCUT2D eigenvalue weighted by atomic mass is 10.1. The van der Waals surface area contributed by atoms with Crippen LogP contribution in [0.2, 0.25) is 0 Å². The van der Waals surface area contributed by atoms with Gasteiger partial charge in [0.05, 0.1) is 6.04 Å². The molecule has 2 aliphatic heterocycles. The van der Waals surface area contributed by atoms with Gasteiger partial charge >= 0.3 is 0 Å². The maximum Gasteiger partial charge on any atom is 0.237 e. The first-order valence-corrected chi connectivity index (χ1v) is 5.45. The van der Waals surface area contributed by atoms with Crippen molar-refractivity contribution in [3.63, 3.8) is 0 Å². The molecule has 0 aromatic heterocycles. The molecule has 2 aliphatic rings. The second-order valence-electron chi connectivity index (χ2n) is 4.46. The number of amides is 1. The third-order valence-electron chi connectivity index (χ3n) is 3.19. The second kappa shape index (κ2) is 7.33. The van der Waals surface area contributed by atoms with Crippen LogP contribution in [-0.4, -0.2) is 50.1 Å². The molecule has 16 heavy (non-hydrogen) atoms. The minimum Gasteiger partial charge on any atom is -0.354 e. The van der Waals surface area contributed by atoms with Crippen molar-refractivity contribution in [2.45, 2.75) is 18.9 Å². The number of halogens is 2.